The molecule has 0 saturated heterocycles. The molecule has 0 unspecified atom stereocenters. The van der Waals surface area contributed by atoms with E-state index in [1.165, 1.54) is 0 Å². The Morgan fingerprint density at radius 3 is 2.39 bits per heavy atom. The minimum atomic E-state index is 0.198. The van der Waals surface area contributed by atoms with E-state index < -0.39 is 0 Å². The topological polar surface area (TPSA) is 49.0 Å². The summed E-state index contributed by atoms with van der Waals surface area (Å²) in [6.45, 7) is 3.33. The highest BCUT2D eigenvalue weighted by Crippen LogP contribution is 2.37. The van der Waals surface area contributed by atoms with Crippen molar-refractivity contribution in [3.63, 3.8) is 0 Å². The summed E-state index contributed by atoms with van der Waals surface area (Å²) < 4.78 is 22.5. The van der Waals surface area contributed by atoms with Crippen molar-refractivity contribution in [2.75, 3.05) is 18.7 Å². The standard InChI is InChI=1S/C23H20Cl3NO4/c1-2-28-21-8-14(11-27-15-6-7-20-22(9-15)31-13-30-20)19(26)10-23(21)29-12-16-17(24)4-3-5-18(16)25/h3-10,27H,2,11-13H2,1H3. The Hall–Kier alpha value is -2.47. The molecule has 1 heterocycles. The molecule has 5 nitrogen and oxygen atoms in total. The first-order valence-electron chi connectivity index (χ1n) is 9.69. The third-order valence-corrected chi connectivity index (χ3v) is 5.76. The number of fused-ring (bicyclic) bond motifs is 1. The van der Waals surface area contributed by atoms with Gasteiger partial charge in [0.15, 0.2) is 23.0 Å². The maximum atomic E-state index is 6.53. The first-order valence-corrected chi connectivity index (χ1v) is 10.8. The van der Waals surface area contributed by atoms with E-state index in [9.17, 15) is 0 Å². The van der Waals surface area contributed by atoms with Crippen LogP contribution in [0.1, 0.15) is 18.1 Å². The van der Waals surface area contributed by atoms with Crippen LogP contribution in [0.5, 0.6) is 23.0 Å². The zero-order valence-electron chi connectivity index (χ0n) is 16.7. The van der Waals surface area contributed by atoms with Gasteiger partial charge in [0.25, 0.3) is 0 Å². The Morgan fingerprint density at radius 1 is 0.871 bits per heavy atom. The largest absolute Gasteiger partial charge is 0.490 e. The summed E-state index contributed by atoms with van der Waals surface area (Å²) in [5.41, 5.74) is 2.47. The SMILES string of the molecule is CCOc1cc(CNc2ccc3c(c2)OCO3)c(Cl)cc1OCc1c(Cl)cccc1Cl. The number of halogens is 3. The lowest BCUT2D eigenvalue weighted by Crippen LogP contribution is -2.04. The van der Waals surface area contributed by atoms with Gasteiger partial charge in [0.05, 0.1) is 6.61 Å². The van der Waals surface area contributed by atoms with E-state index in [-0.39, 0.29) is 13.4 Å². The Balaban J connectivity index is 1.50. The predicted molar refractivity (Wildman–Crippen MR) is 123 cm³/mol. The summed E-state index contributed by atoms with van der Waals surface area (Å²) in [6, 6.07) is 14.6. The first-order chi connectivity index (χ1) is 15.0. The lowest BCUT2D eigenvalue weighted by molar-refractivity contribution is 0.174. The van der Waals surface area contributed by atoms with Crippen molar-refractivity contribution >= 4 is 40.5 Å². The Kier molecular flexibility index (Phi) is 6.86. The van der Waals surface area contributed by atoms with Gasteiger partial charge in [0, 0.05) is 45.0 Å². The van der Waals surface area contributed by atoms with Crippen LogP contribution in [0.15, 0.2) is 48.5 Å². The highest BCUT2D eigenvalue weighted by molar-refractivity contribution is 6.36. The second-order valence-corrected chi connectivity index (χ2v) is 7.96. The molecule has 0 bridgehead atoms. The normalized spacial score (nSPS) is 12.0. The van der Waals surface area contributed by atoms with Crippen LogP contribution >= 0.6 is 34.8 Å². The van der Waals surface area contributed by atoms with Gasteiger partial charge in [-0.25, -0.2) is 0 Å². The molecular weight excluding hydrogens is 461 g/mol. The summed E-state index contributed by atoms with van der Waals surface area (Å²) in [7, 11) is 0. The third-order valence-electron chi connectivity index (χ3n) is 4.70. The molecule has 0 saturated carbocycles. The zero-order chi connectivity index (χ0) is 21.8. The van der Waals surface area contributed by atoms with Crippen LogP contribution in [0.25, 0.3) is 0 Å². The van der Waals surface area contributed by atoms with E-state index in [1.54, 1.807) is 24.3 Å². The molecule has 1 aliphatic heterocycles. The molecule has 0 aliphatic carbocycles. The van der Waals surface area contributed by atoms with Crippen LogP contribution in [0.3, 0.4) is 0 Å². The van der Waals surface area contributed by atoms with E-state index in [4.69, 9.17) is 53.8 Å². The lowest BCUT2D eigenvalue weighted by Gasteiger charge is -2.16. The van der Waals surface area contributed by atoms with E-state index in [0.717, 1.165) is 17.0 Å². The van der Waals surface area contributed by atoms with Gasteiger partial charge in [-0.1, -0.05) is 40.9 Å². The maximum absolute atomic E-state index is 6.53. The lowest BCUT2D eigenvalue weighted by atomic mass is 10.1. The monoisotopic (exact) mass is 479 g/mol. The minimum Gasteiger partial charge on any atom is -0.490 e. The Labute approximate surface area is 195 Å². The van der Waals surface area contributed by atoms with Gasteiger partial charge in [0.2, 0.25) is 6.79 Å². The van der Waals surface area contributed by atoms with Gasteiger partial charge in [-0.3, -0.25) is 0 Å². The molecule has 0 radical (unpaired) electrons. The van der Waals surface area contributed by atoms with Gasteiger partial charge in [-0.05, 0) is 42.8 Å². The molecule has 162 valence electrons. The minimum absolute atomic E-state index is 0.198. The summed E-state index contributed by atoms with van der Waals surface area (Å²) in [4.78, 5) is 0. The van der Waals surface area contributed by atoms with Crippen molar-refractivity contribution in [2.24, 2.45) is 0 Å². The van der Waals surface area contributed by atoms with Gasteiger partial charge in [0.1, 0.15) is 6.61 Å². The number of hydrogen-bond acceptors (Lipinski definition) is 5. The number of anilines is 1. The van der Waals surface area contributed by atoms with E-state index >= 15 is 0 Å². The van der Waals surface area contributed by atoms with Crippen molar-refractivity contribution in [3.05, 3.63) is 74.7 Å². The molecule has 31 heavy (non-hydrogen) atoms. The van der Waals surface area contributed by atoms with Gasteiger partial charge >= 0.3 is 0 Å². The average Bonchev–Trinajstić information content (AvgIpc) is 3.22. The number of nitrogens with one attached hydrogen (secondary N) is 1. The van der Waals surface area contributed by atoms with E-state index in [2.05, 4.69) is 5.32 Å². The Morgan fingerprint density at radius 2 is 1.61 bits per heavy atom. The van der Waals surface area contributed by atoms with Crippen LogP contribution < -0.4 is 24.3 Å². The fourth-order valence-electron chi connectivity index (χ4n) is 3.12. The maximum Gasteiger partial charge on any atom is 0.231 e. The van der Waals surface area contributed by atoms with Crippen LogP contribution in [0.4, 0.5) is 5.69 Å². The summed E-state index contributed by atoms with van der Waals surface area (Å²) >= 11 is 19.0. The number of benzene rings is 3. The number of rotatable bonds is 8. The number of hydrogen-bond donors (Lipinski definition) is 1. The highest BCUT2D eigenvalue weighted by atomic mass is 35.5. The molecule has 1 N–H and O–H groups in total. The first kappa shape index (κ1) is 21.8. The molecule has 0 aromatic heterocycles. The zero-order valence-corrected chi connectivity index (χ0v) is 19.0. The molecule has 3 aromatic carbocycles. The average molecular weight is 481 g/mol. The van der Waals surface area contributed by atoms with Gasteiger partial charge < -0.3 is 24.3 Å². The fraction of sp³-hybridized carbons (Fsp3) is 0.217. The second kappa shape index (κ2) is 9.77. The van der Waals surface area contributed by atoms with Crippen molar-refractivity contribution in [1.29, 1.82) is 0 Å². The van der Waals surface area contributed by atoms with Crippen LogP contribution in [-0.4, -0.2) is 13.4 Å². The van der Waals surface area contributed by atoms with Crippen molar-refractivity contribution in [3.8, 4) is 23.0 Å². The molecule has 3 aromatic rings. The molecule has 4 rings (SSSR count). The quantitative estimate of drug-likeness (QED) is 0.377. The van der Waals surface area contributed by atoms with Crippen molar-refractivity contribution in [1.82, 2.24) is 0 Å². The van der Waals surface area contributed by atoms with Crippen LogP contribution in [0, 0.1) is 0 Å². The van der Waals surface area contributed by atoms with E-state index in [0.29, 0.717) is 51.0 Å². The molecule has 1 aliphatic rings. The van der Waals surface area contributed by atoms with E-state index in [1.807, 2.05) is 31.2 Å². The molecule has 0 amide bonds. The van der Waals surface area contributed by atoms with Crippen molar-refractivity contribution < 1.29 is 18.9 Å². The van der Waals surface area contributed by atoms with Crippen molar-refractivity contribution in [2.45, 2.75) is 20.1 Å². The molecular formula is C23H20Cl3NO4. The summed E-state index contributed by atoms with van der Waals surface area (Å²) in [5.74, 6) is 2.57. The number of ether oxygens (including phenoxy) is 4. The Bertz CT molecular complexity index is 1070. The molecule has 0 spiro atoms. The smallest absolute Gasteiger partial charge is 0.231 e. The molecule has 8 heteroatoms. The summed E-state index contributed by atoms with van der Waals surface area (Å²) in [6.07, 6.45) is 0. The highest BCUT2D eigenvalue weighted by Gasteiger charge is 2.15. The van der Waals surface area contributed by atoms with Crippen LogP contribution in [0.2, 0.25) is 15.1 Å². The summed E-state index contributed by atoms with van der Waals surface area (Å²) in [5, 5.41) is 4.98. The fourth-order valence-corrected chi connectivity index (χ4v) is 3.84. The molecule has 0 atom stereocenters. The third kappa shape index (κ3) is 5.06. The van der Waals surface area contributed by atoms with Gasteiger partial charge in [-0.15, -0.1) is 0 Å². The predicted octanol–water partition coefficient (Wildman–Crippen LogP) is 6.97. The second-order valence-electron chi connectivity index (χ2n) is 6.73. The molecule has 0 fully saturated rings. The van der Waals surface area contributed by atoms with Crippen LogP contribution in [-0.2, 0) is 13.2 Å². The van der Waals surface area contributed by atoms with Gasteiger partial charge in [-0.2, -0.15) is 0 Å².